The lowest BCUT2D eigenvalue weighted by Crippen LogP contribution is -2.30. The molecule has 24 heavy (non-hydrogen) atoms. The van der Waals surface area contributed by atoms with Crippen LogP contribution < -0.4 is 20.3 Å². The number of fused-ring (bicyclic) bond motifs is 1. The molecule has 0 unspecified atom stereocenters. The van der Waals surface area contributed by atoms with Crippen molar-refractivity contribution in [3.05, 3.63) is 35.9 Å². The second kappa shape index (κ2) is 6.61. The molecule has 0 saturated carbocycles. The third-order valence-corrected chi connectivity index (χ3v) is 3.83. The first-order valence-corrected chi connectivity index (χ1v) is 7.60. The Bertz CT molecular complexity index is 771. The van der Waals surface area contributed by atoms with Gasteiger partial charge in [0.25, 0.3) is 0 Å². The maximum Gasteiger partial charge on any atom is 0.320 e. The number of rotatable bonds is 4. The van der Waals surface area contributed by atoms with E-state index in [0.717, 1.165) is 11.3 Å². The quantitative estimate of drug-likeness (QED) is 0.883. The molecule has 126 valence electrons. The molecule has 1 aromatic heterocycles. The highest BCUT2D eigenvalue weighted by Crippen LogP contribution is 2.25. The van der Waals surface area contributed by atoms with Crippen LogP contribution in [0.4, 0.5) is 16.4 Å². The number of carbonyl (C=O) groups is 2. The second-order valence-electron chi connectivity index (χ2n) is 5.39. The lowest BCUT2D eigenvalue weighted by molar-refractivity contribution is -0.117. The van der Waals surface area contributed by atoms with Crippen LogP contribution in [-0.4, -0.2) is 42.4 Å². The molecule has 0 atom stereocenters. The van der Waals surface area contributed by atoms with E-state index in [1.54, 1.807) is 22.8 Å². The summed E-state index contributed by atoms with van der Waals surface area (Å²) in [5, 5.41) is 9.35. The summed E-state index contributed by atoms with van der Waals surface area (Å²) in [4.78, 5) is 25.7. The average molecular weight is 329 g/mol. The van der Waals surface area contributed by atoms with Gasteiger partial charge in [-0.25, -0.2) is 9.48 Å². The van der Waals surface area contributed by atoms with E-state index in [-0.39, 0.29) is 18.4 Å². The van der Waals surface area contributed by atoms with E-state index in [1.165, 1.54) is 7.05 Å². The minimum Gasteiger partial charge on any atom is -0.497 e. The highest BCUT2D eigenvalue weighted by Gasteiger charge is 2.27. The van der Waals surface area contributed by atoms with Gasteiger partial charge in [-0.15, -0.1) is 0 Å². The van der Waals surface area contributed by atoms with Crippen molar-refractivity contribution in [1.82, 2.24) is 15.1 Å². The molecule has 2 N–H and O–H groups in total. The van der Waals surface area contributed by atoms with Crippen LogP contribution in [0, 0.1) is 0 Å². The second-order valence-corrected chi connectivity index (χ2v) is 5.39. The zero-order chi connectivity index (χ0) is 17.1. The van der Waals surface area contributed by atoms with Crippen LogP contribution in [0.1, 0.15) is 5.56 Å². The number of anilines is 2. The van der Waals surface area contributed by atoms with Gasteiger partial charge in [-0.2, -0.15) is 5.10 Å². The predicted molar refractivity (Wildman–Crippen MR) is 89.4 cm³/mol. The maximum atomic E-state index is 12.6. The molecule has 3 rings (SSSR count). The molecule has 0 saturated heterocycles. The van der Waals surface area contributed by atoms with E-state index in [2.05, 4.69) is 15.7 Å². The van der Waals surface area contributed by atoms with Crippen LogP contribution in [0.2, 0.25) is 0 Å². The van der Waals surface area contributed by atoms with Crippen molar-refractivity contribution in [3.63, 3.8) is 0 Å². The summed E-state index contributed by atoms with van der Waals surface area (Å²) in [6, 6.07) is 8.81. The molecule has 3 amide bonds. The zero-order valence-electron chi connectivity index (χ0n) is 13.6. The summed E-state index contributed by atoms with van der Waals surface area (Å²) in [7, 11) is 3.13. The van der Waals surface area contributed by atoms with Crippen molar-refractivity contribution in [2.75, 3.05) is 30.9 Å². The fourth-order valence-electron chi connectivity index (χ4n) is 2.64. The molecule has 8 heteroatoms. The topological polar surface area (TPSA) is 88.5 Å². The summed E-state index contributed by atoms with van der Waals surface area (Å²) in [5.41, 5.74) is 0.890. The number of benzene rings is 1. The van der Waals surface area contributed by atoms with Gasteiger partial charge >= 0.3 is 6.03 Å². The van der Waals surface area contributed by atoms with Crippen molar-refractivity contribution in [2.24, 2.45) is 0 Å². The number of urea groups is 1. The van der Waals surface area contributed by atoms with Gasteiger partial charge < -0.3 is 10.1 Å². The molecule has 0 bridgehead atoms. The van der Waals surface area contributed by atoms with Crippen molar-refractivity contribution >= 4 is 23.6 Å². The van der Waals surface area contributed by atoms with Crippen LogP contribution in [-0.2, 0) is 17.8 Å². The number of amides is 3. The minimum atomic E-state index is -0.346. The highest BCUT2D eigenvalue weighted by atomic mass is 16.5. The summed E-state index contributed by atoms with van der Waals surface area (Å²) in [5.74, 6) is 1.81. The smallest absolute Gasteiger partial charge is 0.320 e. The first-order chi connectivity index (χ1) is 11.6. The van der Waals surface area contributed by atoms with Gasteiger partial charge in [0.2, 0.25) is 5.91 Å². The molecule has 1 aliphatic rings. The van der Waals surface area contributed by atoms with Gasteiger partial charge in [-0.05, 0) is 17.7 Å². The normalized spacial score (nSPS) is 12.7. The van der Waals surface area contributed by atoms with E-state index >= 15 is 0 Å². The standard InChI is InChI=1S/C16H19N5O3/c1-17-16(23)18-13-10-14-20(6-7-21(14)19-13)15(22)9-11-4-3-5-12(8-11)24-2/h3-5,8,10H,6-7,9H2,1-2H3,(H2,17,18,19,23). The van der Waals surface area contributed by atoms with Crippen molar-refractivity contribution < 1.29 is 14.3 Å². The number of nitrogens with zero attached hydrogens (tertiary/aromatic N) is 3. The fourth-order valence-corrected chi connectivity index (χ4v) is 2.64. The third kappa shape index (κ3) is 3.17. The molecule has 0 aliphatic carbocycles. The Morgan fingerprint density at radius 2 is 2.12 bits per heavy atom. The number of hydrogen-bond acceptors (Lipinski definition) is 4. The van der Waals surface area contributed by atoms with Gasteiger partial charge in [0.05, 0.1) is 20.1 Å². The fraction of sp³-hybridized carbons (Fsp3) is 0.312. The van der Waals surface area contributed by atoms with Gasteiger partial charge in [0.15, 0.2) is 5.82 Å². The van der Waals surface area contributed by atoms with Gasteiger partial charge in [0, 0.05) is 19.7 Å². The van der Waals surface area contributed by atoms with Gasteiger partial charge in [-0.3, -0.25) is 15.0 Å². The molecular weight excluding hydrogens is 310 g/mol. The molecule has 1 aromatic carbocycles. The lowest BCUT2D eigenvalue weighted by Gasteiger charge is -2.15. The first-order valence-electron chi connectivity index (χ1n) is 7.60. The molecule has 0 radical (unpaired) electrons. The summed E-state index contributed by atoms with van der Waals surface area (Å²) >= 11 is 0. The molecule has 2 aromatic rings. The molecule has 1 aliphatic heterocycles. The molecular formula is C16H19N5O3. The SMILES string of the molecule is CNC(=O)Nc1cc2n(n1)CCN2C(=O)Cc1cccc(OC)c1. The summed E-state index contributed by atoms with van der Waals surface area (Å²) in [6.45, 7) is 1.18. The minimum absolute atomic E-state index is 0.0200. The van der Waals surface area contributed by atoms with E-state index in [4.69, 9.17) is 4.74 Å². The number of ether oxygens (including phenoxy) is 1. The number of carbonyl (C=O) groups excluding carboxylic acids is 2. The van der Waals surface area contributed by atoms with E-state index in [9.17, 15) is 9.59 Å². The third-order valence-electron chi connectivity index (χ3n) is 3.83. The van der Waals surface area contributed by atoms with E-state index in [0.29, 0.717) is 24.7 Å². The Hall–Kier alpha value is -3.03. The summed E-state index contributed by atoms with van der Waals surface area (Å²) in [6.07, 6.45) is 0.278. The Morgan fingerprint density at radius 3 is 2.88 bits per heavy atom. The van der Waals surface area contributed by atoms with Crippen LogP contribution >= 0.6 is 0 Å². The van der Waals surface area contributed by atoms with Crippen molar-refractivity contribution in [3.8, 4) is 5.75 Å². The molecule has 0 fully saturated rings. The Balaban J connectivity index is 1.72. The van der Waals surface area contributed by atoms with Crippen LogP contribution in [0.25, 0.3) is 0 Å². The van der Waals surface area contributed by atoms with Crippen LogP contribution in [0.3, 0.4) is 0 Å². The predicted octanol–water partition coefficient (Wildman–Crippen LogP) is 1.23. The largest absolute Gasteiger partial charge is 0.497 e. The monoisotopic (exact) mass is 329 g/mol. The Labute approximate surface area is 139 Å². The Morgan fingerprint density at radius 1 is 1.29 bits per heavy atom. The van der Waals surface area contributed by atoms with Gasteiger partial charge in [0.1, 0.15) is 11.6 Å². The lowest BCUT2D eigenvalue weighted by atomic mass is 10.1. The highest BCUT2D eigenvalue weighted by molar-refractivity contribution is 5.96. The van der Waals surface area contributed by atoms with E-state index in [1.807, 2.05) is 24.3 Å². The van der Waals surface area contributed by atoms with E-state index < -0.39 is 0 Å². The molecule has 8 nitrogen and oxygen atoms in total. The van der Waals surface area contributed by atoms with Crippen molar-refractivity contribution in [1.29, 1.82) is 0 Å². The number of aromatic nitrogens is 2. The molecule has 0 spiro atoms. The average Bonchev–Trinajstić information content (AvgIpc) is 3.14. The molecule has 2 heterocycles. The maximum absolute atomic E-state index is 12.6. The first kappa shape index (κ1) is 15.9. The van der Waals surface area contributed by atoms with Gasteiger partial charge in [-0.1, -0.05) is 12.1 Å². The number of hydrogen-bond donors (Lipinski definition) is 2. The van der Waals surface area contributed by atoms with Crippen LogP contribution in [0.15, 0.2) is 30.3 Å². The summed E-state index contributed by atoms with van der Waals surface area (Å²) < 4.78 is 6.90. The zero-order valence-corrected chi connectivity index (χ0v) is 13.6. The van der Waals surface area contributed by atoms with Crippen molar-refractivity contribution in [2.45, 2.75) is 13.0 Å². The Kier molecular flexibility index (Phi) is 4.37. The number of nitrogens with one attached hydrogen (secondary N) is 2. The number of methoxy groups -OCH3 is 1. The van der Waals surface area contributed by atoms with Crippen LogP contribution in [0.5, 0.6) is 5.75 Å².